The minimum absolute atomic E-state index is 0.0827. The Morgan fingerprint density at radius 1 is 1.25 bits per heavy atom. The van der Waals surface area contributed by atoms with Crippen molar-refractivity contribution >= 4 is 26.8 Å². The van der Waals surface area contributed by atoms with E-state index in [1.54, 1.807) is 0 Å². The lowest BCUT2D eigenvalue weighted by molar-refractivity contribution is 0.0875. The van der Waals surface area contributed by atoms with E-state index >= 15 is 0 Å². The highest BCUT2D eigenvalue weighted by molar-refractivity contribution is 9.10. The maximum Gasteiger partial charge on any atom is 0.0698 e. The molecule has 0 aliphatic carbocycles. The minimum atomic E-state index is 0.0827. The number of rotatable bonds is 5. The van der Waals surface area contributed by atoms with Crippen LogP contribution in [0.15, 0.2) is 34.9 Å². The zero-order valence-corrected chi connectivity index (χ0v) is 10.5. The molecule has 0 radical (unpaired) electrons. The molecule has 0 fully saturated rings. The highest BCUT2D eigenvalue weighted by atomic mass is 79.9. The highest BCUT2D eigenvalue weighted by Gasteiger charge is 2.00. The lowest BCUT2D eigenvalue weighted by Crippen LogP contribution is -2.07. The number of ether oxygens (including phenoxy) is 1. The van der Waals surface area contributed by atoms with Crippen molar-refractivity contribution in [1.29, 1.82) is 0 Å². The minimum Gasteiger partial charge on any atom is -0.394 e. The van der Waals surface area contributed by atoms with Crippen molar-refractivity contribution in [2.45, 2.75) is 6.54 Å². The van der Waals surface area contributed by atoms with E-state index in [9.17, 15) is 0 Å². The van der Waals surface area contributed by atoms with Crippen LogP contribution in [0.1, 0.15) is 0 Å². The van der Waals surface area contributed by atoms with Crippen LogP contribution in [0.3, 0.4) is 0 Å². The first-order valence-corrected chi connectivity index (χ1v) is 6.03. The molecular weight excluding hydrogens is 270 g/mol. The maximum atomic E-state index is 8.59. The number of aromatic nitrogens is 1. The van der Waals surface area contributed by atoms with Crippen LogP contribution in [-0.4, -0.2) is 29.5 Å². The van der Waals surface area contributed by atoms with E-state index in [0.717, 1.165) is 11.0 Å². The lowest BCUT2D eigenvalue weighted by Gasteiger charge is -2.05. The Balaban J connectivity index is 2.07. The van der Waals surface area contributed by atoms with E-state index in [0.29, 0.717) is 13.2 Å². The molecule has 1 N–H and O–H groups in total. The van der Waals surface area contributed by atoms with Crippen LogP contribution >= 0.6 is 15.9 Å². The summed E-state index contributed by atoms with van der Waals surface area (Å²) in [6, 6.07) is 8.31. The maximum absolute atomic E-state index is 8.59. The summed E-state index contributed by atoms with van der Waals surface area (Å²) in [5.41, 5.74) is 1.20. The van der Waals surface area contributed by atoms with Gasteiger partial charge in [0.1, 0.15) is 0 Å². The van der Waals surface area contributed by atoms with Crippen molar-refractivity contribution < 1.29 is 9.84 Å². The van der Waals surface area contributed by atoms with Gasteiger partial charge in [-0.3, -0.25) is 0 Å². The van der Waals surface area contributed by atoms with Crippen LogP contribution in [0, 0.1) is 0 Å². The quantitative estimate of drug-likeness (QED) is 0.856. The van der Waals surface area contributed by atoms with Gasteiger partial charge in [-0.1, -0.05) is 15.9 Å². The zero-order chi connectivity index (χ0) is 11.4. The van der Waals surface area contributed by atoms with Crippen LogP contribution in [0.2, 0.25) is 0 Å². The summed E-state index contributed by atoms with van der Waals surface area (Å²) in [5, 5.41) is 9.81. The highest BCUT2D eigenvalue weighted by Crippen LogP contribution is 2.20. The smallest absolute Gasteiger partial charge is 0.0698 e. The molecule has 0 aliphatic heterocycles. The molecule has 0 aliphatic rings. The molecule has 16 heavy (non-hydrogen) atoms. The molecule has 2 aromatic rings. The van der Waals surface area contributed by atoms with Crippen LogP contribution in [0.25, 0.3) is 10.9 Å². The molecule has 0 spiro atoms. The summed E-state index contributed by atoms with van der Waals surface area (Å²) in [5.74, 6) is 0. The van der Waals surface area contributed by atoms with E-state index in [4.69, 9.17) is 9.84 Å². The van der Waals surface area contributed by atoms with E-state index in [-0.39, 0.29) is 6.61 Å². The predicted octanol–water partition coefficient (Wildman–Crippen LogP) is 2.41. The van der Waals surface area contributed by atoms with Gasteiger partial charge in [0.15, 0.2) is 0 Å². The molecule has 0 saturated heterocycles. The largest absolute Gasteiger partial charge is 0.394 e. The molecule has 86 valence electrons. The zero-order valence-electron chi connectivity index (χ0n) is 8.90. The normalized spacial score (nSPS) is 11.1. The Hall–Kier alpha value is -0.840. The fourth-order valence-electron chi connectivity index (χ4n) is 1.70. The number of hydrogen-bond donors (Lipinski definition) is 1. The average Bonchev–Trinajstić information content (AvgIpc) is 2.67. The Bertz CT molecular complexity index is 467. The van der Waals surface area contributed by atoms with Gasteiger partial charge >= 0.3 is 0 Å². The van der Waals surface area contributed by atoms with Crippen molar-refractivity contribution in [2.24, 2.45) is 0 Å². The number of nitrogens with zero attached hydrogens (tertiary/aromatic N) is 1. The van der Waals surface area contributed by atoms with E-state index < -0.39 is 0 Å². The number of hydrogen-bond acceptors (Lipinski definition) is 2. The number of halogens is 1. The number of benzene rings is 1. The third-order valence-corrected chi connectivity index (χ3v) is 2.94. The Morgan fingerprint density at radius 3 is 2.94 bits per heavy atom. The Kier molecular flexibility index (Phi) is 3.98. The summed E-state index contributed by atoms with van der Waals surface area (Å²) in [4.78, 5) is 0. The monoisotopic (exact) mass is 283 g/mol. The van der Waals surface area contributed by atoms with Gasteiger partial charge in [-0.25, -0.2) is 0 Å². The summed E-state index contributed by atoms with van der Waals surface area (Å²) in [6.07, 6.45) is 2.05. The summed E-state index contributed by atoms with van der Waals surface area (Å²) in [6.45, 7) is 1.93. The Morgan fingerprint density at radius 2 is 2.12 bits per heavy atom. The second-order valence-electron chi connectivity index (χ2n) is 3.55. The van der Waals surface area contributed by atoms with E-state index in [1.165, 1.54) is 10.9 Å². The first kappa shape index (κ1) is 11.6. The van der Waals surface area contributed by atoms with Gasteiger partial charge < -0.3 is 14.4 Å². The van der Waals surface area contributed by atoms with Crippen LogP contribution in [0.5, 0.6) is 0 Å². The fourth-order valence-corrected chi connectivity index (χ4v) is 2.07. The molecule has 2 rings (SSSR count). The van der Waals surface area contributed by atoms with Crippen molar-refractivity contribution in [2.75, 3.05) is 19.8 Å². The molecule has 0 bridgehead atoms. The molecule has 4 heteroatoms. The summed E-state index contributed by atoms with van der Waals surface area (Å²) in [7, 11) is 0. The molecule has 1 heterocycles. The van der Waals surface area contributed by atoms with Crippen LogP contribution < -0.4 is 0 Å². The molecule has 0 unspecified atom stereocenters. The van der Waals surface area contributed by atoms with Gasteiger partial charge in [0.05, 0.1) is 19.8 Å². The van der Waals surface area contributed by atoms with Gasteiger partial charge in [0.25, 0.3) is 0 Å². The average molecular weight is 284 g/mol. The van der Waals surface area contributed by atoms with Gasteiger partial charge in [0.2, 0.25) is 0 Å². The van der Waals surface area contributed by atoms with Crippen LogP contribution in [0.4, 0.5) is 0 Å². The molecule has 0 atom stereocenters. The molecule has 3 nitrogen and oxygen atoms in total. The lowest BCUT2D eigenvalue weighted by atomic mass is 10.2. The third kappa shape index (κ3) is 2.64. The second kappa shape index (κ2) is 5.48. The fraction of sp³-hybridized carbons (Fsp3) is 0.333. The van der Waals surface area contributed by atoms with Crippen molar-refractivity contribution in [3.05, 3.63) is 34.9 Å². The van der Waals surface area contributed by atoms with Gasteiger partial charge in [0, 0.05) is 28.1 Å². The van der Waals surface area contributed by atoms with Gasteiger partial charge in [-0.15, -0.1) is 0 Å². The molecular formula is C12H14BrNO2. The van der Waals surface area contributed by atoms with Gasteiger partial charge in [-0.05, 0) is 24.3 Å². The van der Waals surface area contributed by atoms with Crippen LogP contribution in [-0.2, 0) is 11.3 Å². The standard InChI is InChI=1S/C12H14BrNO2/c13-11-1-2-12-10(9-11)3-4-14(12)5-7-16-8-6-15/h1-4,9,15H,5-8H2. The molecule has 0 saturated carbocycles. The second-order valence-corrected chi connectivity index (χ2v) is 4.46. The van der Waals surface area contributed by atoms with Gasteiger partial charge in [-0.2, -0.15) is 0 Å². The third-order valence-electron chi connectivity index (χ3n) is 2.45. The topological polar surface area (TPSA) is 34.4 Å². The van der Waals surface area contributed by atoms with Crippen molar-refractivity contribution in [3.63, 3.8) is 0 Å². The van der Waals surface area contributed by atoms with Crippen molar-refractivity contribution in [1.82, 2.24) is 4.57 Å². The number of aliphatic hydroxyl groups excluding tert-OH is 1. The summed E-state index contributed by atoms with van der Waals surface area (Å²) < 4.78 is 8.49. The predicted molar refractivity (Wildman–Crippen MR) is 67.5 cm³/mol. The Labute approximate surface area is 103 Å². The molecule has 0 amide bonds. The van der Waals surface area contributed by atoms with Crippen molar-refractivity contribution in [3.8, 4) is 0 Å². The van der Waals surface area contributed by atoms with E-state index in [1.807, 2.05) is 6.07 Å². The number of fused-ring (bicyclic) bond motifs is 1. The number of aliphatic hydroxyl groups is 1. The van der Waals surface area contributed by atoms with E-state index in [2.05, 4.69) is 44.9 Å². The molecule has 1 aromatic carbocycles. The SMILES string of the molecule is OCCOCCn1ccc2cc(Br)ccc21. The molecule has 1 aromatic heterocycles. The summed E-state index contributed by atoms with van der Waals surface area (Å²) >= 11 is 3.45. The first-order chi connectivity index (χ1) is 7.81. The first-order valence-electron chi connectivity index (χ1n) is 5.24.